The molecule has 4 rings (SSSR count). The summed E-state index contributed by atoms with van der Waals surface area (Å²) in [5, 5.41) is 4.82. The Bertz CT molecular complexity index is 992. The maximum atomic E-state index is 13.2. The van der Waals surface area contributed by atoms with Crippen LogP contribution in [0.4, 0.5) is 0 Å². The van der Waals surface area contributed by atoms with E-state index in [4.69, 9.17) is 34.8 Å². The highest BCUT2D eigenvalue weighted by molar-refractivity contribution is 6.42. The predicted molar refractivity (Wildman–Crippen MR) is 129 cm³/mol. The number of piperidine rings is 1. The van der Waals surface area contributed by atoms with Gasteiger partial charge in [-0.25, -0.2) is 0 Å². The summed E-state index contributed by atoms with van der Waals surface area (Å²) in [5.74, 6) is 0.0641. The summed E-state index contributed by atoms with van der Waals surface area (Å²) in [4.78, 5) is 30.1. The number of benzene rings is 2. The smallest absolute Gasteiger partial charge is 0.253 e. The number of nitrogens with zero attached hydrogens (tertiary/aromatic N) is 2. The van der Waals surface area contributed by atoms with Gasteiger partial charge in [-0.2, -0.15) is 0 Å². The van der Waals surface area contributed by atoms with Crippen LogP contribution in [0, 0.1) is 5.92 Å². The number of likely N-dealkylation sites (N-methyl/N-ethyl adjacent to an activating group) is 1. The zero-order chi connectivity index (χ0) is 22.8. The molecule has 0 aromatic heterocycles. The highest BCUT2D eigenvalue weighted by Crippen LogP contribution is 2.35. The summed E-state index contributed by atoms with van der Waals surface area (Å²) in [6, 6.07) is 12.4. The minimum Gasteiger partial charge on any atom is -0.342 e. The van der Waals surface area contributed by atoms with Gasteiger partial charge in [0, 0.05) is 49.2 Å². The largest absolute Gasteiger partial charge is 0.342 e. The molecule has 2 aliphatic rings. The van der Waals surface area contributed by atoms with E-state index >= 15 is 0 Å². The Morgan fingerprint density at radius 3 is 2.44 bits per heavy atom. The van der Waals surface area contributed by atoms with Crippen LogP contribution in [-0.2, 0) is 4.79 Å². The minimum absolute atomic E-state index is 0.0226. The number of likely N-dealkylation sites (tertiary alicyclic amines) is 1. The Labute approximate surface area is 203 Å². The fourth-order valence-electron chi connectivity index (χ4n) is 4.74. The normalized spacial score (nSPS) is 23.2. The van der Waals surface area contributed by atoms with Gasteiger partial charge in [0.2, 0.25) is 5.91 Å². The lowest BCUT2D eigenvalue weighted by atomic mass is 9.84. The van der Waals surface area contributed by atoms with Gasteiger partial charge in [0.1, 0.15) is 0 Å². The van der Waals surface area contributed by atoms with Crippen molar-refractivity contribution in [3.05, 3.63) is 68.7 Å². The molecule has 2 fully saturated rings. The lowest BCUT2D eigenvalue weighted by Gasteiger charge is -2.43. The van der Waals surface area contributed by atoms with Crippen molar-refractivity contribution >= 4 is 46.6 Å². The van der Waals surface area contributed by atoms with Crippen LogP contribution in [0.3, 0.4) is 0 Å². The second-order valence-electron chi connectivity index (χ2n) is 8.53. The molecule has 8 heteroatoms. The molecule has 0 radical (unpaired) electrons. The van der Waals surface area contributed by atoms with Crippen molar-refractivity contribution in [2.24, 2.45) is 5.92 Å². The number of hydrogen-bond donors (Lipinski definition) is 1. The van der Waals surface area contributed by atoms with Gasteiger partial charge in [-0.1, -0.05) is 40.9 Å². The molecular formula is C24H26Cl3N3O2. The molecule has 2 aliphatic heterocycles. The van der Waals surface area contributed by atoms with Crippen LogP contribution in [0.25, 0.3) is 0 Å². The van der Waals surface area contributed by atoms with Crippen molar-refractivity contribution in [2.75, 3.05) is 33.2 Å². The molecule has 2 aromatic rings. The van der Waals surface area contributed by atoms with Gasteiger partial charge < -0.3 is 15.1 Å². The molecule has 2 saturated heterocycles. The van der Waals surface area contributed by atoms with Crippen LogP contribution in [-0.4, -0.2) is 60.9 Å². The Morgan fingerprint density at radius 1 is 1.03 bits per heavy atom. The van der Waals surface area contributed by atoms with Crippen molar-refractivity contribution in [2.45, 2.75) is 24.8 Å². The maximum absolute atomic E-state index is 13.2. The Hall–Kier alpha value is -1.79. The number of amides is 2. The summed E-state index contributed by atoms with van der Waals surface area (Å²) in [6.45, 7) is 2.76. The van der Waals surface area contributed by atoms with E-state index in [0.29, 0.717) is 40.1 Å². The minimum atomic E-state index is -0.0822. The number of hydrogen-bond acceptors (Lipinski definition) is 3. The SMILES string of the molecule is CN(C(=O)c1ccc(Cl)cc1)[C@@H]1CCN(C(=O)C2CCNC2)C[C@H]1c1ccc(Cl)c(Cl)c1. The van der Waals surface area contributed by atoms with Crippen molar-refractivity contribution < 1.29 is 9.59 Å². The third-order valence-corrected chi connectivity index (χ3v) is 7.57. The van der Waals surface area contributed by atoms with Gasteiger partial charge in [-0.05, 0) is 61.3 Å². The van der Waals surface area contributed by atoms with Gasteiger partial charge >= 0.3 is 0 Å². The summed E-state index contributed by atoms with van der Waals surface area (Å²) in [6.07, 6.45) is 1.55. The van der Waals surface area contributed by atoms with Crippen LogP contribution >= 0.6 is 34.8 Å². The summed E-state index contributed by atoms with van der Waals surface area (Å²) in [7, 11) is 1.82. The number of carbonyl (C=O) groups excluding carboxylic acids is 2. The fourth-order valence-corrected chi connectivity index (χ4v) is 5.18. The van der Waals surface area contributed by atoms with Crippen LogP contribution in [0.1, 0.15) is 34.7 Å². The first-order chi connectivity index (χ1) is 15.3. The second kappa shape index (κ2) is 10.0. The quantitative estimate of drug-likeness (QED) is 0.669. The van der Waals surface area contributed by atoms with Gasteiger partial charge in [-0.3, -0.25) is 9.59 Å². The fraction of sp³-hybridized carbons (Fsp3) is 0.417. The van der Waals surface area contributed by atoms with E-state index < -0.39 is 0 Å². The monoisotopic (exact) mass is 493 g/mol. The first-order valence-corrected chi connectivity index (χ1v) is 12.0. The highest BCUT2D eigenvalue weighted by atomic mass is 35.5. The van der Waals surface area contributed by atoms with Crippen molar-refractivity contribution in [3.63, 3.8) is 0 Å². The van der Waals surface area contributed by atoms with Crippen LogP contribution in [0.5, 0.6) is 0 Å². The third kappa shape index (κ3) is 4.91. The molecule has 2 aromatic carbocycles. The third-order valence-electron chi connectivity index (χ3n) is 6.58. The molecule has 0 bridgehead atoms. The standard InChI is InChI=1S/C24H26Cl3N3O2/c1-29(23(31)15-2-5-18(25)6-3-15)22-9-11-30(24(32)17-8-10-28-13-17)14-19(22)16-4-7-20(26)21(27)12-16/h2-7,12,17,19,22,28H,8-11,13-14H2,1H3/t17?,19-,22+/m0/s1. The van der Waals surface area contributed by atoms with Crippen LogP contribution < -0.4 is 5.32 Å². The predicted octanol–water partition coefficient (Wildman–Crippen LogP) is 4.71. The van der Waals surface area contributed by atoms with E-state index in [1.54, 1.807) is 35.2 Å². The van der Waals surface area contributed by atoms with E-state index in [1.165, 1.54) is 0 Å². The number of carbonyl (C=O) groups is 2. The Morgan fingerprint density at radius 2 is 1.78 bits per heavy atom. The van der Waals surface area contributed by atoms with Crippen molar-refractivity contribution in [1.29, 1.82) is 0 Å². The first-order valence-electron chi connectivity index (χ1n) is 10.8. The number of rotatable bonds is 4. The zero-order valence-corrected chi connectivity index (χ0v) is 20.1. The first kappa shape index (κ1) is 23.4. The average Bonchev–Trinajstić information content (AvgIpc) is 3.34. The van der Waals surface area contributed by atoms with E-state index in [9.17, 15) is 9.59 Å². The molecule has 1 unspecified atom stereocenters. The van der Waals surface area contributed by atoms with Crippen LogP contribution in [0.15, 0.2) is 42.5 Å². The number of halogens is 3. The summed E-state index contributed by atoms with van der Waals surface area (Å²) < 4.78 is 0. The maximum Gasteiger partial charge on any atom is 0.253 e. The molecule has 2 amide bonds. The molecule has 3 atom stereocenters. The Kier molecular flexibility index (Phi) is 7.30. The second-order valence-corrected chi connectivity index (χ2v) is 9.78. The van der Waals surface area contributed by atoms with E-state index in [-0.39, 0.29) is 29.7 Å². The van der Waals surface area contributed by atoms with Crippen LogP contribution in [0.2, 0.25) is 15.1 Å². The number of nitrogens with one attached hydrogen (secondary N) is 1. The van der Waals surface area contributed by atoms with Gasteiger partial charge in [0.05, 0.1) is 16.0 Å². The van der Waals surface area contributed by atoms with Gasteiger partial charge in [0.25, 0.3) is 5.91 Å². The molecule has 170 valence electrons. The topological polar surface area (TPSA) is 52.7 Å². The van der Waals surface area contributed by atoms with Gasteiger partial charge in [-0.15, -0.1) is 0 Å². The molecule has 0 saturated carbocycles. The Balaban J connectivity index is 1.60. The summed E-state index contributed by atoms with van der Waals surface area (Å²) >= 11 is 18.5. The molecule has 5 nitrogen and oxygen atoms in total. The lowest BCUT2D eigenvalue weighted by molar-refractivity contribution is -0.136. The van der Waals surface area contributed by atoms with E-state index in [2.05, 4.69) is 5.32 Å². The summed E-state index contributed by atoms with van der Waals surface area (Å²) in [5.41, 5.74) is 1.56. The zero-order valence-electron chi connectivity index (χ0n) is 17.9. The molecule has 32 heavy (non-hydrogen) atoms. The van der Waals surface area contributed by atoms with E-state index in [0.717, 1.165) is 25.1 Å². The molecule has 0 spiro atoms. The average molecular weight is 495 g/mol. The molecule has 2 heterocycles. The van der Waals surface area contributed by atoms with Crippen molar-refractivity contribution in [1.82, 2.24) is 15.1 Å². The lowest BCUT2D eigenvalue weighted by Crippen LogP contribution is -2.53. The van der Waals surface area contributed by atoms with Gasteiger partial charge in [0.15, 0.2) is 0 Å². The molecular weight excluding hydrogens is 469 g/mol. The molecule has 1 N–H and O–H groups in total. The molecule has 0 aliphatic carbocycles. The van der Waals surface area contributed by atoms with E-state index in [1.807, 2.05) is 24.1 Å². The highest BCUT2D eigenvalue weighted by Gasteiger charge is 2.38. The van der Waals surface area contributed by atoms with Crippen molar-refractivity contribution in [3.8, 4) is 0 Å².